The monoisotopic (exact) mass is 254 g/mol. The van der Waals surface area contributed by atoms with Crippen molar-refractivity contribution in [1.82, 2.24) is 0 Å². The van der Waals surface area contributed by atoms with E-state index in [2.05, 4.69) is 13.2 Å². The molecule has 0 radical (unpaired) electrons. The highest BCUT2D eigenvalue weighted by Crippen LogP contribution is 2.52. The Morgan fingerprint density at radius 1 is 0.833 bits per heavy atom. The molecule has 2 aliphatic carbocycles. The molecule has 0 bridgehead atoms. The van der Waals surface area contributed by atoms with Gasteiger partial charge in [-0.15, -0.1) is 0 Å². The number of carboxylic acid groups (broad SMARTS) is 2. The van der Waals surface area contributed by atoms with Crippen LogP contribution in [0.1, 0.15) is 44.9 Å². The normalized spacial score (nSPS) is 18.2. The summed E-state index contributed by atoms with van der Waals surface area (Å²) in [5.74, 6) is -1.96. The molecule has 1 spiro atoms. The summed E-state index contributed by atoms with van der Waals surface area (Å²) in [6.45, 7) is 5.92. The van der Waals surface area contributed by atoms with Gasteiger partial charge in [0, 0.05) is 12.2 Å². The van der Waals surface area contributed by atoms with Crippen LogP contribution in [0.15, 0.2) is 25.3 Å². The molecule has 0 unspecified atom stereocenters. The van der Waals surface area contributed by atoms with E-state index in [1.165, 1.54) is 19.3 Å². The minimum atomic E-state index is -0.981. The Balaban J connectivity index is 0.000000258. The predicted molar refractivity (Wildman–Crippen MR) is 70.4 cm³/mol. The van der Waals surface area contributed by atoms with Crippen molar-refractivity contribution in [1.29, 1.82) is 0 Å². The van der Waals surface area contributed by atoms with E-state index in [1.54, 1.807) is 25.7 Å². The second-order valence-corrected chi connectivity index (χ2v) is 4.65. The Labute approximate surface area is 108 Å². The van der Waals surface area contributed by atoms with Gasteiger partial charge in [0.25, 0.3) is 0 Å². The molecule has 0 aromatic carbocycles. The lowest BCUT2D eigenvalue weighted by atomic mass is 9.68. The van der Waals surface area contributed by atoms with Gasteiger partial charge in [-0.1, -0.05) is 32.4 Å². The Bertz CT molecular complexity index is 277. The third-order valence-corrected chi connectivity index (χ3v) is 3.43. The smallest absolute Gasteiger partial charge is 0.327 e. The fraction of sp³-hybridized carbons (Fsp3) is 0.571. The van der Waals surface area contributed by atoms with Crippen LogP contribution in [0.25, 0.3) is 0 Å². The SMILES string of the molecule is C1CCC2(C1)CCC2.C=CC(=O)O.C=CC(=O)O. The summed E-state index contributed by atoms with van der Waals surface area (Å²) < 4.78 is 0. The molecule has 0 heterocycles. The maximum absolute atomic E-state index is 9.25. The molecule has 4 nitrogen and oxygen atoms in total. The predicted octanol–water partition coefficient (Wildman–Crippen LogP) is 3.24. The van der Waals surface area contributed by atoms with Crippen LogP contribution in [0.2, 0.25) is 0 Å². The van der Waals surface area contributed by atoms with E-state index < -0.39 is 11.9 Å². The van der Waals surface area contributed by atoms with E-state index >= 15 is 0 Å². The first kappa shape index (κ1) is 16.4. The molecule has 0 atom stereocenters. The zero-order valence-electron chi connectivity index (χ0n) is 10.7. The largest absolute Gasteiger partial charge is 0.478 e. The molecule has 4 heteroatoms. The van der Waals surface area contributed by atoms with E-state index in [0.717, 1.165) is 17.6 Å². The van der Waals surface area contributed by atoms with Gasteiger partial charge < -0.3 is 10.2 Å². The van der Waals surface area contributed by atoms with Gasteiger partial charge in [0.2, 0.25) is 0 Å². The van der Waals surface area contributed by atoms with Crippen molar-refractivity contribution in [3.63, 3.8) is 0 Å². The second kappa shape index (κ2) is 8.50. The van der Waals surface area contributed by atoms with Gasteiger partial charge in [-0.05, 0) is 31.1 Å². The lowest BCUT2D eigenvalue weighted by Crippen LogP contribution is -2.24. The summed E-state index contributed by atoms with van der Waals surface area (Å²) in [5, 5.41) is 15.2. The van der Waals surface area contributed by atoms with Crippen molar-refractivity contribution in [3.05, 3.63) is 25.3 Å². The molecule has 2 aliphatic rings. The number of hydrogen-bond acceptors (Lipinski definition) is 2. The van der Waals surface area contributed by atoms with E-state index in [0.29, 0.717) is 0 Å². The fourth-order valence-corrected chi connectivity index (χ4v) is 2.30. The van der Waals surface area contributed by atoms with Crippen LogP contribution >= 0.6 is 0 Å². The van der Waals surface area contributed by atoms with Gasteiger partial charge in [0.05, 0.1) is 0 Å². The standard InChI is InChI=1S/C8H14.2C3H4O2/c1-2-5-8(4-1)6-3-7-8;2*1-2-3(4)5/h1-7H2;2*2H,1H2,(H,4,5). The topological polar surface area (TPSA) is 74.6 Å². The molecular weight excluding hydrogens is 232 g/mol. The zero-order valence-corrected chi connectivity index (χ0v) is 10.7. The first-order valence-electron chi connectivity index (χ1n) is 6.16. The summed E-state index contributed by atoms with van der Waals surface area (Å²) in [7, 11) is 0. The average Bonchev–Trinajstić information content (AvgIpc) is 2.79. The summed E-state index contributed by atoms with van der Waals surface area (Å²) >= 11 is 0. The van der Waals surface area contributed by atoms with Crippen molar-refractivity contribution in [2.45, 2.75) is 44.9 Å². The van der Waals surface area contributed by atoms with Crippen molar-refractivity contribution in [2.24, 2.45) is 5.41 Å². The van der Waals surface area contributed by atoms with E-state index in [9.17, 15) is 9.59 Å². The Morgan fingerprint density at radius 3 is 1.22 bits per heavy atom. The molecule has 102 valence electrons. The van der Waals surface area contributed by atoms with Crippen molar-refractivity contribution in [3.8, 4) is 0 Å². The van der Waals surface area contributed by atoms with Gasteiger partial charge in [0.1, 0.15) is 0 Å². The third kappa shape index (κ3) is 6.89. The van der Waals surface area contributed by atoms with Gasteiger partial charge in [-0.3, -0.25) is 0 Å². The summed E-state index contributed by atoms with van der Waals surface area (Å²) in [6.07, 6.45) is 12.5. The van der Waals surface area contributed by atoms with E-state index in [-0.39, 0.29) is 0 Å². The van der Waals surface area contributed by atoms with Gasteiger partial charge in [-0.25, -0.2) is 9.59 Å². The molecule has 2 N–H and O–H groups in total. The van der Waals surface area contributed by atoms with Crippen LogP contribution in [0.4, 0.5) is 0 Å². The highest BCUT2D eigenvalue weighted by molar-refractivity contribution is 5.79. The lowest BCUT2D eigenvalue weighted by molar-refractivity contribution is -0.132. The van der Waals surface area contributed by atoms with Crippen LogP contribution in [0.3, 0.4) is 0 Å². The van der Waals surface area contributed by atoms with Gasteiger partial charge >= 0.3 is 11.9 Å². The second-order valence-electron chi connectivity index (χ2n) is 4.65. The highest BCUT2D eigenvalue weighted by Gasteiger charge is 2.38. The first-order chi connectivity index (χ1) is 8.45. The Kier molecular flexibility index (Phi) is 7.76. The molecule has 0 aliphatic heterocycles. The first-order valence-corrected chi connectivity index (χ1v) is 6.16. The van der Waals surface area contributed by atoms with Crippen molar-refractivity contribution < 1.29 is 19.8 Å². The third-order valence-electron chi connectivity index (χ3n) is 3.43. The Morgan fingerprint density at radius 2 is 1.11 bits per heavy atom. The molecule has 0 aromatic heterocycles. The summed E-state index contributed by atoms with van der Waals surface area (Å²) in [4.78, 5) is 18.5. The molecule has 2 saturated carbocycles. The molecule has 0 aromatic rings. The number of aliphatic carboxylic acids is 2. The van der Waals surface area contributed by atoms with Gasteiger partial charge in [-0.2, -0.15) is 0 Å². The number of carboxylic acids is 2. The quantitative estimate of drug-likeness (QED) is 0.742. The molecule has 18 heavy (non-hydrogen) atoms. The molecule has 2 fully saturated rings. The molecular formula is C14H22O4. The van der Waals surface area contributed by atoms with Crippen LogP contribution in [-0.4, -0.2) is 22.2 Å². The maximum Gasteiger partial charge on any atom is 0.327 e. The minimum absolute atomic E-state index is 0.833. The van der Waals surface area contributed by atoms with Crippen LogP contribution in [-0.2, 0) is 9.59 Å². The summed E-state index contributed by atoms with van der Waals surface area (Å²) in [6, 6.07) is 0. The molecule has 2 rings (SSSR count). The van der Waals surface area contributed by atoms with Crippen LogP contribution in [0.5, 0.6) is 0 Å². The molecule has 0 amide bonds. The fourth-order valence-electron chi connectivity index (χ4n) is 2.30. The number of hydrogen-bond donors (Lipinski definition) is 2. The minimum Gasteiger partial charge on any atom is -0.478 e. The van der Waals surface area contributed by atoms with E-state index in [1.807, 2.05) is 0 Å². The van der Waals surface area contributed by atoms with Crippen molar-refractivity contribution in [2.75, 3.05) is 0 Å². The number of rotatable bonds is 2. The maximum atomic E-state index is 9.25. The van der Waals surface area contributed by atoms with Crippen LogP contribution in [0, 0.1) is 5.41 Å². The number of carbonyl (C=O) groups is 2. The lowest BCUT2D eigenvalue weighted by Gasteiger charge is -2.38. The van der Waals surface area contributed by atoms with E-state index in [4.69, 9.17) is 10.2 Å². The van der Waals surface area contributed by atoms with Crippen molar-refractivity contribution >= 4 is 11.9 Å². The zero-order chi connectivity index (χ0) is 14.0. The average molecular weight is 254 g/mol. The summed E-state index contributed by atoms with van der Waals surface area (Å²) in [5.41, 5.74) is 0.917. The molecule has 0 saturated heterocycles. The highest BCUT2D eigenvalue weighted by atomic mass is 16.4. The van der Waals surface area contributed by atoms with Gasteiger partial charge in [0.15, 0.2) is 0 Å². The Hall–Kier alpha value is -1.58. The van der Waals surface area contributed by atoms with Crippen LogP contribution < -0.4 is 0 Å².